The van der Waals surface area contributed by atoms with Crippen LogP contribution < -0.4 is 0 Å². The van der Waals surface area contributed by atoms with Crippen molar-refractivity contribution < 1.29 is 0 Å². The number of amidine groups is 1. The summed E-state index contributed by atoms with van der Waals surface area (Å²) >= 11 is 1.79. The first kappa shape index (κ1) is 29.4. The summed E-state index contributed by atoms with van der Waals surface area (Å²) in [5.41, 5.74) is 8.93. The third kappa shape index (κ3) is 5.35. The van der Waals surface area contributed by atoms with Gasteiger partial charge in [0, 0.05) is 27.1 Å². The molecule has 0 amide bonds. The number of thiophene rings is 1. The molecule has 0 aliphatic carbocycles. The summed E-state index contributed by atoms with van der Waals surface area (Å²) < 4.78 is 1.29. The number of rotatable bonds is 6. The van der Waals surface area contributed by atoms with Crippen molar-refractivity contribution in [2.24, 2.45) is 15.9 Å². The van der Waals surface area contributed by atoms with E-state index in [0.717, 1.165) is 40.1 Å². The van der Waals surface area contributed by atoms with Crippen LogP contribution in [0.4, 0.5) is 0 Å². The van der Waals surface area contributed by atoms with E-state index in [1.807, 2.05) is 6.07 Å². The van der Waals surface area contributed by atoms with Crippen molar-refractivity contribution in [3.05, 3.63) is 174 Å². The van der Waals surface area contributed by atoms with Crippen LogP contribution >= 0.6 is 11.3 Å². The number of pyridine rings is 1. The number of fused-ring (bicyclic) bond motifs is 3. The molecule has 9 rings (SSSR count). The highest BCUT2D eigenvalue weighted by Gasteiger charge is 2.32. The van der Waals surface area contributed by atoms with E-state index in [0.29, 0.717) is 0 Å². The molecule has 234 valence electrons. The van der Waals surface area contributed by atoms with Crippen LogP contribution in [0.15, 0.2) is 168 Å². The topological polar surface area (TPSA) is 37.6 Å². The molecule has 0 bridgehead atoms. The van der Waals surface area contributed by atoms with Crippen molar-refractivity contribution in [2.75, 3.05) is 0 Å². The second kappa shape index (κ2) is 12.4. The Morgan fingerprint density at radius 1 is 0.592 bits per heavy atom. The van der Waals surface area contributed by atoms with Crippen LogP contribution in [0.3, 0.4) is 0 Å². The van der Waals surface area contributed by atoms with Gasteiger partial charge in [0.2, 0.25) is 0 Å². The zero-order valence-electron chi connectivity index (χ0n) is 27.1. The monoisotopic (exact) mass is 647 g/mol. The Morgan fingerprint density at radius 3 is 2.10 bits per heavy atom. The second-order valence-electron chi connectivity index (χ2n) is 12.6. The Kier molecular flexibility index (Phi) is 7.44. The SMILES string of the molecule is CCC1C(c2ccc(-c3ccc4nc(-c5cc6ccccc6s5)ccc4c3)c3ccccc23)=NC(c2ccccc2)=NC1c1ccccc1. The Labute approximate surface area is 290 Å². The first-order valence-corrected chi connectivity index (χ1v) is 17.7. The number of benzene rings is 6. The van der Waals surface area contributed by atoms with Crippen molar-refractivity contribution in [1.82, 2.24) is 4.98 Å². The molecule has 2 aromatic heterocycles. The molecule has 3 nitrogen and oxygen atoms in total. The van der Waals surface area contributed by atoms with E-state index in [-0.39, 0.29) is 12.0 Å². The lowest BCUT2D eigenvalue weighted by molar-refractivity contribution is 0.533. The summed E-state index contributed by atoms with van der Waals surface area (Å²) in [5, 5.41) is 4.81. The van der Waals surface area contributed by atoms with Gasteiger partial charge in [-0.3, -0.25) is 4.99 Å². The molecule has 49 heavy (non-hydrogen) atoms. The van der Waals surface area contributed by atoms with E-state index in [1.165, 1.54) is 48.0 Å². The summed E-state index contributed by atoms with van der Waals surface area (Å²) in [7, 11) is 0. The number of hydrogen-bond acceptors (Lipinski definition) is 4. The van der Waals surface area contributed by atoms with Crippen molar-refractivity contribution in [1.29, 1.82) is 0 Å². The van der Waals surface area contributed by atoms with Gasteiger partial charge in [-0.2, -0.15) is 0 Å². The van der Waals surface area contributed by atoms with E-state index in [2.05, 4.69) is 159 Å². The van der Waals surface area contributed by atoms with Gasteiger partial charge in [-0.05, 0) is 69.6 Å². The first-order valence-electron chi connectivity index (χ1n) is 16.9. The van der Waals surface area contributed by atoms with Gasteiger partial charge < -0.3 is 0 Å². The fraction of sp³-hybridized carbons (Fsp3) is 0.0889. The third-order valence-corrected chi connectivity index (χ3v) is 10.8. The molecule has 0 fully saturated rings. The van der Waals surface area contributed by atoms with Crippen LogP contribution in [0.25, 0.3) is 53.5 Å². The van der Waals surface area contributed by atoms with Crippen LogP contribution in [0.2, 0.25) is 0 Å². The van der Waals surface area contributed by atoms with Gasteiger partial charge in [0.05, 0.1) is 27.8 Å². The first-order chi connectivity index (χ1) is 24.2. The van der Waals surface area contributed by atoms with Gasteiger partial charge in [0.15, 0.2) is 5.84 Å². The van der Waals surface area contributed by atoms with Gasteiger partial charge in [-0.25, -0.2) is 9.98 Å². The molecule has 2 unspecified atom stereocenters. The van der Waals surface area contributed by atoms with Gasteiger partial charge in [-0.1, -0.05) is 134 Å². The minimum atomic E-state index is -0.0159. The highest BCUT2D eigenvalue weighted by molar-refractivity contribution is 7.22. The average molecular weight is 648 g/mol. The number of aliphatic imine (C=N–C) groups is 2. The quantitative estimate of drug-likeness (QED) is 0.177. The van der Waals surface area contributed by atoms with Crippen LogP contribution in [0.5, 0.6) is 0 Å². The third-order valence-electron chi connectivity index (χ3n) is 9.71. The Morgan fingerprint density at radius 2 is 1.31 bits per heavy atom. The van der Waals surface area contributed by atoms with Gasteiger partial charge in [0.1, 0.15) is 0 Å². The molecule has 6 aromatic carbocycles. The molecular weight excluding hydrogens is 615 g/mol. The van der Waals surface area contributed by atoms with Crippen molar-refractivity contribution in [3.63, 3.8) is 0 Å². The summed E-state index contributed by atoms with van der Waals surface area (Å²) in [4.78, 5) is 16.9. The van der Waals surface area contributed by atoms with Crippen molar-refractivity contribution >= 4 is 54.6 Å². The van der Waals surface area contributed by atoms with Gasteiger partial charge in [-0.15, -0.1) is 11.3 Å². The Hall–Kier alpha value is -5.71. The highest BCUT2D eigenvalue weighted by atomic mass is 32.1. The van der Waals surface area contributed by atoms with Crippen LogP contribution in [-0.4, -0.2) is 16.5 Å². The van der Waals surface area contributed by atoms with E-state index >= 15 is 0 Å². The lowest BCUT2D eigenvalue weighted by atomic mass is 9.81. The predicted octanol–water partition coefficient (Wildman–Crippen LogP) is 12.0. The highest BCUT2D eigenvalue weighted by Crippen LogP contribution is 2.40. The van der Waals surface area contributed by atoms with Crippen molar-refractivity contribution in [3.8, 4) is 21.7 Å². The lowest BCUT2D eigenvalue weighted by Crippen LogP contribution is -2.28. The normalized spacial score (nSPS) is 16.2. The molecule has 1 aliphatic heterocycles. The summed E-state index contributed by atoms with van der Waals surface area (Å²) in [6, 6.07) is 56.1. The standard InChI is InChI=1S/C45H33N3S/c1-2-34-43(29-13-5-3-6-14-29)47-45(30-15-7-4-8-16-30)48-44(34)38-24-23-35(36-18-10-11-19-37(36)38)31-21-25-39-32(27-31)22-26-40(46-39)42-28-33-17-9-12-20-41(33)49-42/h3-28,34,43H,2H2,1H3. The summed E-state index contributed by atoms with van der Waals surface area (Å²) in [6.07, 6.45) is 0.932. The van der Waals surface area contributed by atoms with Crippen molar-refractivity contribution in [2.45, 2.75) is 19.4 Å². The van der Waals surface area contributed by atoms with E-state index in [4.69, 9.17) is 15.0 Å². The van der Waals surface area contributed by atoms with Gasteiger partial charge >= 0.3 is 0 Å². The van der Waals surface area contributed by atoms with Crippen LogP contribution in [-0.2, 0) is 0 Å². The Bertz CT molecular complexity index is 2510. The van der Waals surface area contributed by atoms with Crippen LogP contribution in [0, 0.1) is 5.92 Å². The molecule has 0 saturated heterocycles. The second-order valence-corrected chi connectivity index (χ2v) is 13.7. The maximum absolute atomic E-state index is 5.35. The molecule has 1 aliphatic rings. The molecule has 2 atom stereocenters. The minimum Gasteiger partial charge on any atom is -0.257 e. The predicted molar refractivity (Wildman–Crippen MR) is 208 cm³/mol. The average Bonchev–Trinajstić information content (AvgIpc) is 3.62. The molecular formula is C45H33N3S. The van der Waals surface area contributed by atoms with E-state index in [9.17, 15) is 0 Å². The fourth-order valence-corrected chi connectivity index (χ4v) is 8.30. The molecule has 0 radical (unpaired) electrons. The van der Waals surface area contributed by atoms with Gasteiger partial charge in [0.25, 0.3) is 0 Å². The molecule has 3 heterocycles. The minimum absolute atomic E-state index is 0.0159. The smallest absolute Gasteiger partial charge is 0.155 e. The summed E-state index contributed by atoms with van der Waals surface area (Å²) in [5.74, 6) is 0.936. The largest absolute Gasteiger partial charge is 0.257 e. The van der Waals surface area contributed by atoms with E-state index < -0.39 is 0 Å². The maximum atomic E-state index is 5.35. The maximum Gasteiger partial charge on any atom is 0.155 e. The summed E-state index contributed by atoms with van der Waals surface area (Å²) in [6.45, 7) is 2.25. The zero-order chi connectivity index (χ0) is 32.7. The van der Waals surface area contributed by atoms with E-state index in [1.54, 1.807) is 11.3 Å². The molecule has 0 saturated carbocycles. The van der Waals surface area contributed by atoms with Crippen LogP contribution in [0.1, 0.15) is 36.1 Å². The number of nitrogens with zero attached hydrogens (tertiary/aromatic N) is 3. The Balaban J connectivity index is 1.14. The fourth-order valence-electron chi connectivity index (χ4n) is 7.27. The zero-order valence-corrected chi connectivity index (χ0v) is 27.9. The lowest BCUT2D eigenvalue weighted by Gasteiger charge is -2.30. The molecule has 4 heteroatoms. The molecule has 0 spiro atoms. The number of hydrogen-bond donors (Lipinski definition) is 0. The number of aromatic nitrogens is 1. The molecule has 8 aromatic rings. The molecule has 0 N–H and O–H groups in total.